The molecule has 108 valence electrons. The van der Waals surface area contributed by atoms with E-state index in [0.29, 0.717) is 11.3 Å². The van der Waals surface area contributed by atoms with Crippen molar-refractivity contribution >= 4 is 11.8 Å². The van der Waals surface area contributed by atoms with Gasteiger partial charge in [-0.05, 0) is 24.3 Å². The van der Waals surface area contributed by atoms with Crippen molar-refractivity contribution in [2.75, 3.05) is 11.5 Å². The van der Waals surface area contributed by atoms with Crippen LogP contribution in [0.1, 0.15) is 5.56 Å². The average Bonchev–Trinajstić information content (AvgIpc) is 3.00. The summed E-state index contributed by atoms with van der Waals surface area (Å²) in [5.74, 6) is -0.631. The van der Waals surface area contributed by atoms with E-state index in [4.69, 9.17) is 11.5 Å². The highest BCUT2D eigenvalue weighted by molar-refractivity contribution is 5.78. The zero-order valence-electron chi connectivity index (χ0n) is 11.2. The van der Waals surface area contributed by atoms with Crippen molar-refractivity contribution in [3.8, 4) is 23.0 Å². The Morgan fingerprint density at radius 3 is 2.73 bits per heavy atom. The van der Waals surface area contributed by atoms with Crippen molar-refractivity contribution in [3.05, 3.63) is 48.0 Å². The number of hydrogen-bond donors (Lipinski definition) is 2. The molecule has 0 radical (unpaired) electrons. The van der Waals surface area contributed by atoms with Gasteiger partial charge in [0.25, 0.3) is 0 Å². The number of nitrogens with zero attached hydrogens (tertiary/aromatic N) is 5. The fourth-order valence-electron chi connectivity index (χ4n) is 2.11. The highest BCUT2D eigenvalue weighted by atomic mass is 19.1. The van der Waals surface area contributed by atoms with Crippen LogP contribution in [-0.2, 0) is 0 Å². The maximum Gasteiger partial charge on any atom is 0.222 e. The Hall–Kier alpha value is -3.47. The van der Waals surface area contributed by atoms with E-state index < -0.39 is 5.82 Å². The van der Waals surface area contributed by atoms with Crippen molar-refractivity contribution in [2.24, 2.45) is 0 Å². The molecule has 0 bridgehead atoms. The van der Waals surface area contributed by atoms with Crippen LogP contribution in [0.25, 0.3) is 16.9 Å². The summed E-state index contributed by atoms with van der Waals surface area (Å²) in [6.07, 6.45) is 3.28. The van der Waals surface area contributed by atoms with Crippen LogP contribution in [0.15, 0.2) is 36.7 Å². The number of nitrogens with two attached hydrogens (primary N) is 2. The van der Waals surface area contributed by atoms with Gasteiger partial charge in [0.2, 0.25) is 5.95 Å². The molecule has 1 aromatic carbocycles. The summed E-state index contributed by atoms with van der Waals surface area (Å²) in [6, 6.07) is 7.72. The third-order valence-corrected chi connectivity index (χ3v) is 3.03. The molecule has 0 aliphatic carbocycles. The van der Waals surface area contributed by atoms with E-state index in [1.165, 1.54) is 22.9 Å². The SMILES string of the molecule is N#Cc1c(N)nc(N)nc1-c1cc(F)ccc1-n1cccn1. The average molecular weight is 295 g/mol. The first-order valence-electron chi connectivity index (χ1n) is 6.23. The van der Waals surface area contributed by atoms with Gasteiger partial charge in [0, 0.05) is 18.0 Å². The van der Waals surface area contributed by atoms with Crippen LogP contribution >= 0.6 is 0 Å². The van der Waals surface area contributed by atoms with Crippen molar-refractivity contribution in [1.82, 2.24) is 19.7 Å². The summed E-state index contributed by atoms with van der Waals surface area (Å²) in [7, 11) is 0. The van der Waals surface area contributed by atoms with Crippen LogP contribution in [0.5, 0.6) is 0 Å². The molecule has 4 N–H and O–H groups in total. The maximum absolute atomic E-state index is 13.7. The summed E-state index contributed by atoms with van der Waals surface area (Å²) >= 11 is 0. The molecule has 3 rings (SSSR count). The van der Waals surface area contributed by atoms with E-state index in [2.05, 4.69) is 15.1 Å². The van der Waals surface area contributed by atoms with Crippen LogP contribution in [0.3, 0.4) is 0 Å². The summed E-state index contributed by atoms with van der Waals surface area (Å²) in [5.41, 5.74) is 12.4. The second-order valence-electron chi connectivity index (χ2n) is 4.41. The second-order valence-corrected chi connectivity index (χ2v) is 4.41. The van der Waals surface area contributed by atoms with Gasteiger partial charge in [-0.25, -0.2) is 14.1 Å². The molecule has 7 nitrogen and oxygen atoms in total. The van der Waals surface area contributed by atoms with Crippen LogP contribution in [0.4, 0.5) is 16.2 Å². The number of hydrogen-bond acceptors (Lipinski definition) is 6. The minimum atomic E-state index is -0.481. The molecular weight excluding hydrogens is 285 g/mol. The summed E-state index contributed by atoms with van der Waals surface area (Å²) in [6.45, 7) is 0. The number of halogens is 1. The van der Waals surface area contributed by atoms with Crippen LogP contribution in [0, 0.1) is 17.1 Å². The van der Waals surface area contributed by atoms with Crippen molar-refractivity contribution < 1.29 is 4.39 Å². The van der Waals surface area contributed by atoms with E-state index in [-0.39, 0.29) is 23.0 Å². The Bertz CT molecular complexity index is 881. The van der Waals surface area contributed by atoms with Gasteiger partial charge in [-0.15, -0.1) is 0 Å². The van der Waals surface area contributed by atoms with Gasteiger partial charge in [-0.3, -0.25) is 0 Å². The molecule has 0 aliphatic heterocycles. The maximum atomic E-state index is 13.7. The molecule has 2 heterocycles. The van der Waals surface area contributed by atoms with E-state index in [0.717, 1.165) is 0 Å². The topological polar surface area (TPSA) is 119 Å². The van der Waals surface area contributed by atoms with E-state index >= 15 is 0 Å². The van der Waals surface area contributed by atoms with Crippen LogP contribution in [0.2, 0.25) is 0 Å². The zero-order chi connectivity index (χ0) is 15.7. The normalized spacial score (nSPS) is 10.4. The van der Waals surface area contributed by atoms with Gasteiger partial charge in [0.15, 0.2) is 0 Å². The molecule has 0 amide bonds. The van der Waals surface area contributed by atoms with Gasteiger partial charge in [0.1, 0.15) is 23.3 Å². The predicted molar refractivity (Wildman–Crippen MR) is 78.1 cm³/mol. The van der Waals surface area contributed by atoms with Gasteiger partial charge < -0.3 is 11.5 Å². The number of nitrogen functional groups attached to an aromatic ring is 2. The molecular formula is C14H10FN7. The number of aromatic nitrogens is 4. The molecule has 0 saturated heterocycles. The van der Waals surface area contributed by atoms with E-state index in [9.17, 15) is 9.65 Å². The number of benzene rings is 1. The molecule has 0 spiro atoms. The van der Waals surface area contributed by atoms with Crippen LogP contribution < -0.4 is 11.5 Å². The lowest BCUT2D eigenvalue weighted by atomic mass is 10.0. The third-order valence-electron chi connectivity index (χ3n) is 3.03. The lowest BCUT2D eigenvalue weighted by molar-refractivity contribution is 0.627. The smallest absolute Gasteiger partial charge is 0.222 e. The predicted octanol–water partition coefficient (Wildman–Crippen LogP) is 1.50. The Balaban J connectivity index is 2.34. The summed E-state index contributed by atoms with van der Waals surface area (Å²) in [5, 5.41) is 13.4. The first-order chi connectivity index (χ1) is 10.6. The van der Waals surface area contributed by atoms with E-state index in [1.807, 2.05) is 6.07 Å². The number of nitriles is 1. The fraction of sp³-hybridized carbons (Fsp3) is 0. The second kappa shape index (κ2) is 5.14. The first kappa shape index (κ1) is 13.5. The molecule has 3 aromatic rings. The van der Waals surface area contributed by atoms with Gasteiger partial charge in [-0.2, -0.15) is 15.3 Å². The monoisotopic (exact) mass is 295 g/mol. The van der Waals surface area contributed by atoms with Gasteiger partial charge in [0.05, 0.1) is 11.4 Å². The highest BCUT2D eigenvalue weighted by Gasteiger charge is 2.18. The lowest BCUT2D eigenvalue weighted by Gasteiger charge is -2.12. The van der Waals surface area contributed by atoms with Crippen molar-refractivity contribution in [2.45, 2.75) is 0 Å². The fourth-order valence-corrected chi connectivity index (χ4v) is 2.11. The van der Waals surface area contributed by atoms with Crippen molar-refractivity contribution in [3.63, 3.8) is 0 Å². The molecule has 22 heavy (non-hydrogen) atoms. The van der Waals surface area contributed by atoms with Crippen LogP contribution in [-0.4, -0.2) is 19.7 Å². The minimum Gasteiger partial charge on any atom is -0.382 e. The largest absolute Gasteiger partial charge is 0.382 e. The Labute approximate surface area is 124 Å². The molecule has 0 aliphatic rings. The molecule has 0 saturated carbocycles. The number of anilines is 2. The Morgan fingerprint density at radius 1 is 1.23 bits per heavy atom. The third kappa shape index (κ3) is 2.20. The quantitative estimate of drug-likeness (QED) is 0.739. The summed E-state index contributed by atoms with van der Waals surface area (Å²) < 4.78 is 15.2. The van der Waals surface area contributed by atoms with Gasteiger partial charge >= 0.3 is 0 Å². The lowest BCUT2D eigenvalue weighted by Crippen LogP contribution is -2.07. The Kier molecular flexibility index (Phi) is 3.16. The summed E-state index contributed by atoms with van der Waals surface area (Å²) in [4.78, 5) is 7.79. The number of rotatable bonds is 2. The minimum absolute atomic E-state index is 0.0354. The van der Waals surface area contributed by atoms with E-state index in [1.54, 1.807) is 18.5 Å². The Morgan fingerprint density at radius 2 is 2.05 bits per heavy atom. The standard InChI is InChI=1S/C14H10FN7/c15-8-2-3-11(22-5-1-4-19-22)9(6-8)12-10(7-16)13(17)21-14(18)20-12/h1-6H,(H4,17,18,20,21). The van der Waals surface area contributed by atoms with Gasteiger partial charge in [-0.1, -0.05) is 0 Å². The molecule has 0 fully saturated rings. The first-order valence-corrected chi connectivity index (χ1v) is 6.23. The molecule has 2 aromatic heterocycles. The molecule has 0 unspecified atom stereocenters. The zero-order valence-corrected chi connectivity index (χ0v) is 11.2. The molecule has 8 heteroatoms. The van der Waals surface area contributed by atoms with Crippen molar-refractivity contribution in [1.29, 1.82) is 5.26 Å². The highest BCUT2D eigenvalue weighted by Crippen LogP contribution is 2.30. The molecule has 0 atom stereocenters.